The number of aromatic nitrogens is 1. The highest BCUT2D eigenvalue weighted by Crippen LogP contribution is 2.23. The molecular formula is C23H27IN4O3. The molecule has 0 spiro atoms. The number of aliphatic imine (C=N–C) groups is 1. The van der Waals surface area contributed by atoms with Gasteiger partial charge in [-0.15, -0.1) is 24.0 Å². The lowest BCUT2D eigenvalue weighted by molar-refractivity contribution is 0.407. The van der Waals surface area contributed by atoms with E-state index in [4.69, 9.17) is 14.2 Å². The van der Waals surface area contributed by atoms with Crippen LogP contribution in [-0.2, 0) is 13.1 Å². The standard InChI is InChI=1S/C23H26N4O3.HI/c1-24-23(26-14-17-6-4-7-19(12-17)28-2)27-16-18-10-11-22(25-15-18)30-21-9-5-8-20(13-21)29-3;/h4-13,15H,14,16H2,1-3H3,(H2,24,26,27);1H. The van der Waals surface area contributed by atoms with Gasteiger partial charge in [-0.1, -0.05) is 24.3 Å². The molecule has 0 aliphatic carbocycles. The molecule has 3 rings (SSSR count). The van der Waals surface area contributed by atoms with Gasteiger partial charge in [-0.2, -0.15) is 0 Å². The highest BCUT2D eigenvalue weighted by atomic mass is 127. The fourth-order valence-corrected chi connectivity index (χ4v) is 2.74. The van der Waals surface area contributed by atoms with Crippen molar-refractivity contribution in [1.82, 2.24) is 15.6 Å². The second kappa shape index (κ2) is 12.6. The lowest BCUT2D eigenvalue weighted by atomic mass is 10.2. The number of methoxy groups -OCH3 is 2. The molecule has 0 saturated heterocycles. The molecule has 0 aliphatic rings. The van der Waals surface area contributed by atoms with E-state index in [0.717, 1.165) is 22.6 Å². The van der Waals surface area contributed by atoms with Crippen molar-refractivity contribution in [3.63, 3.8) is 0 Å². The zero-order chi connectivity index (χ0) is 21.2. The molecule has 2 aromatic carbocycles. The van der Waals surface area contributed by atoms with Gasteiger partial charge >= 0.3 is 0 Å². The highest BCUT2D eigenvalue weighted by Gasteiger charge is 2.03. The zero-order valence-corrected chi connectivity index (χ0v) is 20.1. The smallest absolute Gasteiger partial charge is 0.219 e. The van der Waals surface area contributed by atoms with E-state index < -0.39 is 0 Å². The number of benzene rings is 2. The number of nitrogens with one attached hydrogen (secondary N) is 2. The van der Waals surface area contributed by atoms with Crippen molar-refractivity contribution in [1.29, 1.82) is 0 Å². The fourth-order valence-electron chi connectivity index (χ4n) is 2.74. The Morgan fingerprint density at radius 3 is 2.13 bits per heavy atom. The van der Waals surface area contributed by atoms with E-state index >= 15 is 0 Å². The van der Waals surface area contributed by atoms with Crippen LogP contribution in [0.15, 0.2) is 71.9 Å². The maximum atomic E-state index is 5.77. The van der Waals surface area contributed by atoms with Crippen LogP contribution in [-0.4, -0.2) is 32.2 Å². The van der Waals surface area contributed by atoms with E-state index in [9.17, 15) is 0 Å². The summed E-state index contributed by atoms with van der Waals surface area (Å²) in [5.41, 5.74) is 2.12. The summed E-state index contributed by atoms with van der Waals surface area (Å²) < 4.78 is 16.2. The Hall–Kier alpha value is -3.01. The van der Waals surface area contributed by atoms with Crippen LogP contribution in [0.3, 0.4) is 0 Å². The van der Waals surface area contributed by atoms with Crippen molar-refractivity contribution in [2.24, 2.45) is 4.99 Å². The molecule has 8 heteroatoms. The Morgan fingerprint density at radius 2 is 1.48 bits per heavy atom. The van der Waals surface area contributed by atoms with Crippen LogP contribution in [0.4, 0.5) is 0 Å². The molecular weight excluding hydrogens is 507 g/mol. The summed E-state index contributed by atoms with van der Waals surface area (Å²) in [4.78, 5) is 8.63. The number of ether oxygens (including phenoxy) is 3. The predicted octanol–water partition coefficient (Wildman–Crippen LogP) is 4.37. The van der Waals surface area contributed by atoms with Crippen molar-refractivity contribution in [3.8, 4) is 23.1 Å². The molecule has 7 nitrogen and oxygen atoms in total. The minimum absolute atomic E-state index is 0. The Labute approximate surface area is 199 Å². The minimum atomic E-state index is 0. The molecule has 0 bridgehead atoms. The Morgan fingerprint density at radius 1 is 0.839 bits per heavy atom. The maximum Gasteiger partial charge on any atom is 0.219 e. The topological polar surface area (TPSA) is 77.0 Å². The molecule has 1 heterocycles. The normalized spacial score (nSPS) is 10.6. The van der Waals surface area contributed by atoms with Crippen LogP contribution in [0, 0.1) is 0 Å². The summed E-state index contributed by atoms with van der Waals surface area (Å²) in [7, 11) is 5.02. The molecule has 2 N–H and O–H groups in total. The van der Waals surface area contributed by atoms with Crippen LogP contribution in [0.5, 0.6) is 23.1 Å². The van der Waals surface area contributed by atoms with Gasteiger partial charge in [0.15, 0.2) is 5.96 Å². The third-order valence-electron chi connectivity index (χ3n) is 4.34. The van der Waals surface area contributed by atoms with Gasteiger partial charge in [-0.3, -0.25) is 4.99 Å². The molecule has 1 aromatic heterocycles. The quantitative estimate of drug-likeness (QED) is 0.254. The zero-order valence-electron chi connectivity index (χ0n) is 17.8. The van der Waals surface area contributed by atoms with E-state index in [1.807, 2.05) is 60.7 Å². The van der Waals surface area contributed by atoms with Crippen LogP contribution < -0.4 is 24.8 Å². The van der Waals surface area contributed by atoms with Gasteiger partial charge < -0.3 is 24.8 Å². The first-order valence-corrected chi connectivity index (χ1v) is 9.54. The van der Waals surface area contributed by atoms with Gasteiger partial charge in [0.05, 0.1) is 14.2 Å². The summed E-state index contributed by atoms with van der Waals surface area (Å²) >= 11 is 0. The van der Waals surface area contributed by atoms with Crippen molar-refractivity contribution < 1.29 is 14.2 Å². The molecule has 31 heavy (non-hydrogen) atoms. The number of guanidine groups is 1. The number of hydrogen-bond acceptors (Lipinski definition) is 5. The summed E-state index contributed by atoms with van der Waals surface area (Å²) in [5.74, 6) is 3.47. The first kappa shape index (κ1) is 24.3. The lowest BCUT2D eigenvalue weighted by Gasteiger charge is -2.13. The first-order chi connectivity index (χ1) is 14.7. The largest absolute Gasteiger partial charge is 0.497 e. The van der Waals surface area contributed by atoms with Crippen LogP contribution >= 0.6 is 24.0 Å². The molecule has 0 amide bonds. The van der Waals surface area contributed by atoms with Crippen molar-refractivity contribution in [3.05, 3.63) is 78.0 Å². The second-order valence-electron chi connectivity index (χ2n) is 6.42. The minimum Gasteiger partial charge on any atom is -0.497 e. The van der Waals surface area contributed by atoms with Gasteiger partial charge in [0.25, 0.3) is 0 Å². The molecule has 0 aliphatic heterocycles. The van der Waals surface area contributed by atoms with E-state index in [1.54, 1.807) is 27.5 Å². The first-order valence-electron chi connectivity index (χ1n) is 9.54. The molecule has 0 fully saturated rings. The molecule has 0 unspecified atom stereocenters. The van der Waals surface area contributed by atoms with Crippen LogP contribution in [0.2, 0.25) is 0 Å². The van der Waals surface area contributed by atoms with Gasteiger partial charge in [0, 0.05) is 38.5 Å². The van der Waals surface area contributed by atoms with Gasteiger partial charge in [-0.25, -0.2) is 4.98 Å². The molecule has 0 atom stereocenters. The highest BCUT2D eigenvalue weighted by molar-refractivity contribution is 14.0. The summed E-state index contributed by atoms with van der Waals surface area (Å²) in [5, 5.41) is 6.57. The number of rotatable bonds is 8. The second-order valence-corrected chi connectivity index (χ2v) is 6.42. The Balaban J connectivity index is 0.00000341. The summed E-state index contributed by atoms with van der Waals surface area (Å²) in [6.45, 7) is 1.23. The van der Waals surface area contributed by atoms with E-state index in [0.29, 0.717) is 30.7 Å². The molecule has 0 saturated carbocycles. The monoisotopic (exact) mass is 534 g/mol. The van der Waals surface area contributed by atoms with Crippen molar-refractivity contribution in [2.45, 2.75) is 13.1 Å². The third-order valence-corrected chi connectivity index (χ3v) is 4.34. The summed E-state index contributed by atoms with van der Waals surface area (Å²) in [6.07, 6.45) is 1.78. The average molecular weight is 534 g/mol. The van der Waals surface area contributed by atoms with Gasteiger partial charge in [0.1, 0.15) is 17.2 Å². The maximum absolute atomic E-state index is 5.77. The third kappa shape index (κ3) is 7.63. The van der Waals surface area contributed by atoms with Crippen LogP contribution in [0.25, 0.3) is 0 Å². The lowest BCUT2D eigenvalue weighted by Crippen LogP contribution is -2.36. The average Bonchev–Trinajstić information content (AvgIpc) is 2.80. The Bertz CT molecular complexity index is 981. The van der Waals surface area contributed by atoms with Crippen molar-refractivity contribution >= 4 is 29.9 Å². The number of pyridine rings is 1. The number of nitrogens with zero attached hydrogens (tertiary/aromatic N) is 2. The summed E-state index contributed by atoms with van der Waals surface area (Å²) in [6, 6.07) is 19.1. The van der Waals surface area contributed by atoms with E-state index in [1.165, 1.54) is 0 Å². The van der Waals surface area contributed by atoms with Crippen LogP contribution in [0.1, 0.15) is 11.1 Å². The SMILES string of the molecule is CN=C(NCc1ccc(Oc2cccc(OC)c2)nc1)NCc1cccc(OC)c1.I. The van der Waals surface area contributed by atoms with Gasteiger partial charge in [0.2, 0.25) is 5.88 Å². The van der Waals surface area contributed by atoms with E-state index in [2.05, 4.69) is 20.6 Å². The van der Waals surface area contributed by atoms with Crippen molar-refractivity contribution in [2.75, 3.05) is 21.3 Å². The van der Waals surface area contributed by atoms with E-state index in [-0.39, 0.29) is 24.0 Å². The molecule has 0 radical (unpaired) electrons. The number of hydrogen-bond donors (Lipinski definition) is 2. The fraction of sp³-hybridized carbons (Fsp3) is 0.217. The van der Waals surface area contributed by atoms with Gasteiger partial charge in [-0.05, 0) is 35.4 Å². The molecule has 3 aromatic rings. The number of halogens is 1. The molecule has 164 valence electrons. The Kier molecular flexibility index (Phi) is 9.89. The predicted molar refractivity (Wildman–Crippen MR) is 133 cm³/mol.